The van der Waals surface area contributed by atoms with Crippen molar-refractivity contribution >= 4 is 44.9 Å². The van der Waals surface area contributed by atoms with Crippen LogP contribution in [-0.2, 0) is 14.8 Å². The minimum Gasteiger partial charge on any atom is -0.481 e. The Balaban J connectivity index is 3.01. The van der Waals surface area contributed by atoms with Gasteiger partial charge in [-0.05, 0) is 24.6 Å². The second-order valence-corrected chi connectivity index (χ2v) is 6.68. The highest BCUT2D eigenvalue weighted by Gasteiger charge is 2.20. The normalized spacial score (nSPS) is 11.3. The van der Waals surface area contributed by atoms with E-state index >= 15 is 0 Å². The molecule has 0 saturated carbocycles. The molecule has 1 aromatic rings. The van der Waals surface area contributed by atoms with E-state index in [0.29, 0.717) is 10.7 Å². The average molecular weight is 326 g/mol. The zero-order chi connectivity index (χ0) is 14.6. The molecule has 1 rings (SSSR count). The van der Waals surface area contributed by atoms with Crippen LogP contribution in [0.25, 0.3) is 0 Å². The molecular weight excluding hydrogens is 313 g/mol. The van der Waals surface area contributed by atoms with Crippen molar-refractivity contribution in [2.75, 3.05) is 17.1 Å². The molecule has 0 radical (unpaired) electrons. The minimum absolute atomic E-state index is 0.0481. The third-order valence-corrected chi connectivity index (χ3v) is 4.05. The van der Waals surface area contributed by atoms with Crippen LogP contribution in [0.1, 0.15) is 12.8 Å². The molecule has 5 nitrogen and oxygen atoms in total. The van der Waals surface area contributed by atoms with E-state index in [-0.39, 0.29) is 24.4 Å². The summed E-state index contributed by atoms with van der Waals surface area (Å²) in [5.74, 6) is -0.976. The fraction of sp³-hybridized carbons (Fsp3) is 0.364. The molecule has 0 bridgehead atoms. The van der Waals surface area contributed by atoms with Crippen LogP contribution in [0.4, 0.5) is 5.69 Å². The van der Waals surface area contributed by atoms with Crippen LogP contribution >= 0.6 is 23.2 Å². The number of rotatable bonds is 6. The number of nitrogens with zero attached hydrogens (tertiary/aromatic N) is 1. The first kappa shape index (κ1) is 16.1. The summed E-state index contributed by atoms with van der Waals surface area (Å²) in [7, 11) is -3.54. The lowest BCUT2D eigenvalue weighted by Gasteiger charge is -2.23. The van der Waals surface area contributed by atoms with Gasteiger partial charge in [0.2, 0.25) is 10.0 Å². The summed E-state index contributed by atoms with van der Waals surface area (Å²) < 4.78 is 24.5. The smallest absolute Gasteiger partial charge is 0.303 e. The predicted octanol–water partition coefficient (Wildman–Crippen LogP) is 2.62. The molecule has 0 aliphatic rings. The first-order valence-corrected chi connectivity index (χ1v) is 7.97. The number of benzene rings is 1. The van der Waals surface area contributed by atoms with E-state index in [1.54, 1.807) is 0 Å². The fourth-order valence-electron chi connectivity index (χ4n) is 1.52. The summed E-state index contributed by atoms with van der Waals surface area (Å²) in [6, 6.07) is 4.46. The Morgan fingerprint density at radius 3 is 2.47 bits per heavy atom. The molecule has 19 heavy (non-hydrogen) atoms. The molecule has 0 saturated heterocycles. The zero-order valence-electron chi connectivity index (χ0n) is 10.1. The molecule has 8 heteroatoms. The lowest BCUT2D eigenvalue weighted by molar-refractivity contribution is -0.137. The van der Waals surface area contributed by atoms with Gasteiger partial charge in [-0.15, -0.1) is 0 Å². The third-order valence-electron chi connectivity index (χ3n) is 2.33. The molecule has 0 aliphatic heterocycles. The summed E-state index contributed by atoms with van der Waals surface area (Å²) in [5.41, 5.74) is 0.291. The van der Waals surface area contributed by atoms with Crippen molar-refractivity contribution in [3.8, 4) is 0 Å². The number of anilines is 1. The minimum atomic E-state index is -3.54. The maximum Gasteiger partial charge on any atom is 0.303 e. The lowest BCUT2D eigenvalue weighted by atomic mass is 10.3. The monoisotopic (exact) mass is 325 g/mol. The molecule has 0 aromatic heterocycles. The number of carbonyl (C=O) groups is 1. The summed E-state index contributed by atoms with van der Waals surface area (Å²) in [6.07, 6.45) is 1.12. The van der Waals surface area contributed by atoms with Gasteiger partial charge in [0.25, 0.3) is 0 Å². The molecule has 1 N–H and O–H groups in total. The molecule has 0 aliphatic carbocycles. The van der Waals surface area contributed by atoms with E-state index < -0.39 is 16.0 Å². The van der Waals surface area contributed by atoms with Gasteiger partial charge in [0.15, 0.2) is 0 Å². The Labute approximate surface area is 121 Å². The molecule has 106 valence electrons. The van der Waals surface area contributed by atoms with Gasteiger partial charge in [-0.3, -0.25) is 9.10 Å². The van der Waals surface area contributed by atoms with Crippen LogP contribution in [0.3, 0.4) is 0 Å². The van der Waals surface area contributed by atoms with Crippen LogP contribution in [0.15, 0.2) is 18.2 Å². The number of hydrogen-bond acceptors (Lipinski definition) is 3. The SMILES string of the molecule is CS(=O)(=O)N(CCCC(=O)O)c1ccc(Cl)cc1Cl. The molecular formula is C11H13Cl2NO4S. The zero-order valence-corrected chi connectivity index (χ0v) is 12.5. The van der Waals surface area contributed by atoms with Crippen molar-refractivity contribution < 1.29 is 18.3 Å². The standard InChI is InChI=1S/C11H13Cl2NO4S/c1-19(17,18)14(6-2-3-11(15)16)10-5-4-8(12)7-9(10)13/h4-5,7H,2-3,6H2,1H3,(H,15,16). The van der Waals surface area contributed by atoms with Gasteiger partial charge in [-0.25, -0.2) is 8.42 Å². The summed E-state index contributed by atoms with van der Waals surface area (Å²) in [4.78, 5) is 10.5. The van der Waals surface area contributed by atoms with Crippen LogP contribution in [0, 0.1) is 0 Å². The van der Waals surface area contributed by atoms with E-state index in [0.717, 1.165) is 10.6 Å². The largest absolute Gasteiger partial charge is 0.481 e. The molecule has 0 unspecified atom stereocenters. The molecule has 0 fully saturated rings. The molecule has 0 amide bonds. The third kappa shape index (κ3) is 4.89. The molecule has 0 atom stereocenters. The van der Waals surface area contributed by atoms with Gasteiger partial charge in [0.1, 0.15) is 0 Å². The summed E-state index contributed by atoms with van der Waals surface area (Å²) in [5, 5.41) is 9.18. The Morgan fingerprint density at radius 2 is 2.00 bits per heavy atom. The molecule has 1 aromatic carbocycles. The van der Waals surface area contributed by atoms with E-state index in [4.69, 9.17) is 28.3 Å². The van der Waals surface area contributed by atoms with Crippen molar-refractivity contribution in [2.24, 2.45) is 0 Å². The number of halogens is 2. The summed E-state index contributed by atoms with van der Waals surface area (Å²) >= 11 is 11.7. The average Bonchev–Trinajstić information content (AvgIpc) is 2.24. The predicted molar refractivity (Wildman–Crippen MR) is 75.5 cm³/mol. The Morgan fingerprint density at radius 1 is 1.37 bits per heavy atom. The van der Waals surface area contributed by atoms with Crippen LogP contribution < -0.4 is 4.31 Å². The number of aliphatic carboxylic acids is 1. The van der Waals surface area contributed by atoms with Gasteiger partial charge in [-0.2, -0.15) is 0 Å². The van der Waals surface area contributed by atoms with Gasteiger partial charge < -0.3 is 5.11 Å². The maximum absolute atomic E-state index is 11.7. The Hall–Kier alpha value is -0.980. The first-order valence-electron chi connectivity index (χ1n) is 5.36. The van der Waals surface area contributed by atoms with Crippen LogP contribution in [-0.4, -0.2) is 32.3 Å². The first-order chi connectivity index (χ1) is 8.71. The van der Waals surface area contributed by atoms with Crippen molar-refractivity contribution in [3.63, 3.8) is 0 Å². The van der Waals surface area contributed by atoms with E-state index in [1.165, 1.54) is 18.2 Å². The number of hydrogen-bond donors (Lipinski definition) is 1. The second kappa shape index (κ2) is 6.45. The van der Waals surface area contributed by atoms with Gasteiger partial charge in [-0.1, -0.05) is 23.2 Å². The summed E-state index contributed by atoms with van der Waals surface area (Å²) in [6.45, 7) is 0.0481. The number of sulfonamides is 1. The van der Waals surface area contributed by atoms with Gasteiger partial charge in [0.05, 0.1) is 17.0 Å². The maximum atomic E-state index is 11.7. The number of carboxylic acid groups (broad SMARTS) is 1. The topological polar surface area (TPSA) is 74.7 Å². The van der Waals surface area contributed by atoms with Crippen molar-refractivity contribution in [1.29, 1.82) is 0 Å². The quantitative estimate of drug-likeness (QED) is 0.872. The van der Waals surface area contributed by atoms with Crippen molar-refractivity contribution in [1.82, 2.24) is 0 Å². The lowest BCUT2D eigenvalue weighted by Crippen LogP contribution is -2.31. The van der Waals surface area contributed by atoms with E-state index in [2.05, 4.69) is 0 Å². The Bertz CT molecular complexity index is 574. The van der Waals surface area contributed by atoms with Crippen LogP contribution in [0.2, 0.25) is 10.0 Å². The highest BCUT2D eigenvalue weighted by Crippen LogP contribution is 2.30. The second-order valence-electron chi connectivity index (χ2n) is 3.93. The highest BCUT2D eigenvalue weighted by atomic mass is 35.5. The number of carboxylic acids is 1. The van der Waals surface area contributed by atoms with Crippen molar-refractivity contribution in [3.05, 3.63) is 28.2 Å². The van der Waals surface area contributed by atoms with Crippen LogP contribution in [0.5, 0.6) is 0 Å². The van der Waals surface area contributed by atoms with Gasteiger partial charge >= 0.3 is 5.97 Å². The fourth-order valence-corrected chi connectivity index (χ4v) is 3.06. The molecule has 0 heterocycles. The highest BCUT2D eigenvalue weighted by molar-refractivity contribution is 7.92. The van der Waals surface area contributed by atoms with E-state index in [9.17, 15) is 13.2 Å². The Kier molecular flexibility index (Phi) is 5.46. The van der Waals surface area contributed by atoms with Crippen molar-refractivity contribution in [2.45, 2.75) is 12.8 Å². The van der Waals surface area contributed by atoms with Gasteiger partial charge in [0, 0.05) is 18.0 Å². The van der Waals surface area contributed by atoms with E-state index in [1.807, 2.05) is 0 Å². The molecule has 0 spiro atoms.